The summed E-state index contributed by atoms with van der Waals surface area (Å²) in [6.07, 6.45) is 0. The Bertz CT molecular complexity index is 770. The van der Waals surface area contributed by atoms with Gasteiger partial charge < -0.3 is 10.3 Å². The van der Waals surface area contributed by atoms with Crippen molar-refractivity contribution in [3.05, 3.63) is 51.5 Å². The summed E-state index contributed by atoms with van der Waals surface area (Å²) in [5, 5.41) is 3.00. The number of rotatable bonds is 3. The molecule has 1 aromatic carbocycles. The van der Waals surface area contributed by atoms with Crippen molar-refractivity contribution in [1.29, 1.82) is 0 Å². The van der Waals surface area contributed by atoms with Gasteiger partial charge in [0.15, 0.2) is 0 Å². The highest BCUT2D eigenvalue weighted by Crippen LogP contribution is 2.22. The second kappa shape index (κ2) is 5.33. The van der Waals surface area contributed by atoms with Crippen molar-refractivity contribution in [3.63, 3.8) is 0 Å². The van der Waals surface area contributed by atoms with Gasteiger partial charge in [-0.2, -0.15) is 0 Å². The Kier molecular flexibility index (Phi) is 3.51. The van der Waals surface area contributed by atoms with Crippen molar-refractivity contribution >= 4 is 28.3 Å². The number of carbonyl (C=O) groups excluding carboxylic acids is 1. The highest BCUT2D eigenvalue weighted by Gasteiger charge is 2.17. The van der Waals surface area contributed by atoms with Crippen LogP contribution >= 0.6 is 11.3 Å². The van der Waals surface area contributed by atoms with Gasteiger partial charge in [0.2, 0.25) is 0 Å². The molecule has 3 rings (SSSR count). The number of thiophene rings is 1. The lowest BCUT2D eigenvalue weighted by Gasteiger charge is -2.11. The first kappa shape index (κ1) is 13.8. The van der Waals surface area contributed by atoms with Gasteiger partial charge in [0.1, 0.15) is 5.82 Å². The average molecular weight is 299 g/mol. The third-order valence-corrected chi connectivity index (χ3v) is 4.42. The maximum Gasteiger partial charge on any atom is 0.252 e. The number of fused-ring (bicyclic) bond motifs is 1. The van der Waals surface area contributed by atoms with Crippen molar-refractivity contribution in [2.75, 3.05) is 0 Å². The third kappa shape index (κ3) is 2.69. The Morgan fingerprint density at radius 2 is 2.10 bits per heavy atom. The molecule has 1 amide bonds. The van der Waals surface area contributed by atoms with Crippen molar-refractivity contribution in [3.8, 4) is 0 Å². The molecule has 1 atom stereocenters. The van der Waals surface area contributed by atoms with Gasteiger partial charge in [-0.15, -0.1) is 11.3 Å². The molecule has 0 fully saturated rings. The smallest absolute Gasteiger partial charge is 0.252 e. The van der Waals surface area contributed by atoms with Gasteiger partial charge in [-0.1, -0.05) is 12.1 Å². The Morgan fingerprint density at radius 3 is 2.76 bits per heavy atom. The van der Waals surface area contributed by atoms with E-state index < -0.39 is 0 Å². The van der Waals surface area contributed by atoms with Crippen LogP contribution in [-0.2, 0) is 0 Å². The van der Waals surface area contributed by atoms with Gasteiger partial charge in [-0.3, -0.25) is 4.79 Å². The van der Waals surface area contributed by atoms with E-state index in [1.165, 1.54) is 0 Å². The minimum absolute atomic E-state index is 0.0511. The number of nitrogens with one attached hydrogen (secondary N) is 2. The van der Waals surface area contributed by atoms with E-state index in [2.05, 4.69) is 15.3 Å². The first-order chi connectivity index (χ1) is 10.0. The number of amides is 1. The standard InChI is InChI=1S/C16H17N3OS/c1-9-8-12(11(3)21-9)16(20)17-10(2)15-18-13-6-4-5-7-14(13)19-15/h4-8,10H,1-3H3,(H,17,20)(H,18,19). The van der Waals surface area contributed by atoms with E-state index in [0.29, 0.717) is 0 Å². The monoisotopic (exact) mass is 299 g/mol. The van der Waals surface area contributed by atoms with Crippen molar-refractivity contribution in [2.24, 2.45) is 0 Å². The third-order valence-electron chi connectivity index (χ3n) is 3.45. The number of hydrogen-bond acceptors (Lipinski definition) is 3. The largest absolute Gasteiger partial charge is 0.342 e. The van der Waals surface area contributed by atoms with E-state index >= 15 is 0 Å². The van der Waals surface area contributed by atoms with Gasteiger partial charge in [-0.25, -0.2) is 4.98 Å². The second-order valence-corrected chi connectivity index (χ2v) is 6.62. The Hall–Kier alpha value is -2.14. The summed E-state index contributed by atoms with van der Waals surface area (Å²) >= 11 is 1.64. The van der Waals surface area contributed by atoms with Crippen molar-refractivity contribution < 1.29 is 4.79 Å². The summed E-state index contributed by atoms with van der Waals surface area (Å²) in [4.78, 5) is 22.3. The molecule has 108 valence electrons. The van der Waals surface area contributed by atoms with Crippen LogP contribution in [0.4, 0.5) is 0 Å². The number of aromatic nitrogens is 2. The van der Waals surface area contributed by atoms with Crippen LogP contribution in [0.5, 0.6) is 0 Å². The molecular formula is C16H17N3OS. The van der Waals surface area contributed by atoms with Gasteiger partial charge in [-0.05, 0) is 39.0 Å². The fourth-order valence-electron chi connectivity index (χ4n) is 2.38. The highest BCUT2D eigenvalue weighted by molar-refractivity contribution is 7.12. The average Bonchev–Trinajstić information content (AvgIpc) is 3.01. The number of nitrogens with zero attached hydrogens (tertiary/aromatic N) is 1. The summed E-state index contributed by atoms with van der Waals surface area (Å²) in [5.74, 6) is 0.721. The van der Waals surface area contributed by atoms with E-state index in [9.17, 15) is 4.79 Å². The predicted octanol–water partition coefficient (Wildman–Crippen LogP) is 3.73. The fraction of sp³-hybridized carbons (Fsp3) is 0.250. The molecule has 4 nitrogen and oxygen atoms in total. The Balaban J connectivity index is 1.81. The van der Waals surface area contributed by atoms with Crippen LogP contribution in [0.25, 0.3) is 11.0 Å². The fourth-order valence-corrected chi connectivity index (χ4v) is 3.30. The van der Waals surface area contributed by atoms with Crippen LogP contribution in [0, 0.1) is 13.8 Å². The predicted molar refractivity (Wildman–Crippen MR) is 85.8 cm³/mol. The number of H-pyrrole nitrogens is 1. The molecule has 2 N–H and O–H groups in total. The maximum absolute atomic E-state index is 12.3. The quantitative estimate of drug-likeness (QED) is 0.774. The minimum Gasteiger partial charge on any atom is -0.342 e. The molecule has 2 aromatic heterocycles. The van der Waals surface area contributed by atoms with E-state index in [0.717, 1.165) is 32.2 Å². The first-order valence-corrected chi connectivity index (χ1v) is 7.69. The maximum atomic E-state index is 12.3. The molecule has 0 aliphatic rings. The summed E-state index contributed by atoms with van der Waals surface area (Å²) in [5.41, 5.74) is 2.65. The first-order valence-electron chi connectivity index (χ1n) is 6.87. The van der Waals surface area contributed by atoms with Crippen LogP contribution in [0.1, 0.15) is 38.9 Å². The van der Waals surface area contributed by atoms with Gasteiger partial charge in [0, 0.05) is 9.75 Å². The topological polar surface area (TPSA) is 57.8 Å². The number of benzene rings is 1. The van der Waals surface area contributed by atoms with E-state index in [4.69, 9.17) is 0 Å². The van der Waals surface area contributed by atoms with Crippen LogP contribution < -0.4 is 5.32 Å². The Labute approximate surface area is 127 Å². The SMILES string of the molecule is Cc1cc(C(=O)NC(C)c2nc3ccccc3[nH]2)c(C)s1. The van der Waals surface area contributed by atoms with Gasteiger partial charge in [0.25, 0.3) is 5.91 Å². The lowest BCUT2D eigenvalue weighted by Crippen LogP contribution is -2.27. The van der Waals surface area contributed by atoms with Gasteiger partial charge in [0.05, 0.1) is 22.6 Å². The lowest BCUT2D eigenvalue weighted by molar-refractivity contribution is 0.0938. The zero-order valence-corrected chi connectivity index (χ0v) is 13.0. The summed E-state index contributed by atoms with van der Waals surface area (Å²) in [7, 11) is 0. The molecule has 0 saturated carbocycles. The Morgan fingerprint density at radius 1 is 1.33 bits per heavy atom. The van der Waals surface area contributed by atoms with E-state index in [1.807, 2.05) is 51.1 Å². The molecule has 0 aliphatic carbocycles. The molecule has 0 bridgehead atoms. The summed E-state index contributed by atoms with van der Waals surface area (Å²) in [6, 6.07) is 9.62. The molecule has 0 saturated heterocycles. The van der Waals surface area contributed by atoms with E-state index in [-0.39, 0.29) is 11.9 Å². The number of hydrogen-bond donors (Lipinski definition) is 2. The van der Waals surface area contributed by atoms with Crippen LogP contribution in [0.3, 0.4) is 0 Å². The number of carbonyl (C=O) groups is 1. The van der Waals surface area contributed by atoms with Crippen LogP contribution in [0.2, 0.25) is 0 Å². The molecule has 2 heterocycles. The summed E-state index contributed by atoms with van der Waals surface area (Å²) < 4.78 is 0. The number of aromatic amines is 1. The number of imidazole rings is 1. The molecule has 3 aromatic rings. The van der Waals surface area contributed by atoms with Crippen LogP contribution in [0.15, 0.2) is 30.3 Å². The number of aryl methyl sites for hydroxylation is 2. The second-order valence-electron chi connectivity index (χ2n) is 5.16. The zero-order valence-electron chi connectivity index (χ0n) is 12.2. The zero-order chi connectivity index (χ0) is 15.0. The van der Waals surface area contributed by atoms with Crippen LogP contribution in [-0.4, -0.2) is 15.9 Å². The summed E-state index contributed by atoms with van der Waals surface area (Å²) in [6.45, 7) is 5.92. The van der Waals surface area contributed by atoms with Crippen molar-refractivity contribution in [1.82, 2.24) is 15.3 Å². The van der Waals surface area contributed by atoms with E-state index in [1.54, 1.807) is 11.3 Å². The lowest BCUT2D eigenvalue weighted by atomic mass is 10.2. The minimum atomic E-state index is -0.162. The molecule has 0 spiro atoms. The molecular weight excluding hydrogens is 282 g/mol. The molecule has 0 radical (unpaired) electrons. The highest BCUT2D eigenvalue weighted by atomic mass is 32.1. The van der Waals surface area contributed by atoms with Crippen molar-refractivity contribution in [2.45, 2.75) is 26.8 Å². The van der Waals surface area contributed by atoms with Gasteiger partial charge >= 0.3 is 0 Å². The molecule has 1 unspecified atom stereocenters. The molecule has 0 aliphatic heterocycles. The molecule has 5 heteroatoms. The number of para-hydroxylation sites is 2. The molecule has 21 heavy (non-hydrogen) atoms. The normalized spacial score (nSPS) is 12.5.